The molecule has 1 aromatic carbocycles. The van der Waals surface area contributed by atoms with Crippen molar-refractivity contribution >= 4 is 17.4 Å². The molecule has 0 aliphatic carbocycles. The molecule has 0 bridgehead atoms. The van der Waals surface area contributed by atoms with Gasteiger partial charge >= 0.3 is 0 Å². The Balaban J connectivity index is 3.00. The van der Waals surface area contributed by atoms with Gasteiger partial charge < -0.3 is 15.8 Å². The fourth-order valence-electron chi connectivity index (χ4n) is 1.92. The number of nitrogens with two attached hydrogens (primary N) is 1. The molecule has 0 spiro atoms. The summed E-state index contributed by atoms with van der Waals surface area (Å²) < 4.78 is 0. The van der Waals surface area contributed by atoms with Gasteiger partial charge in [0.15, 0.2) is 5.84 Å². The van der Waals surface area contributed by atoms with E-state index in [2.05, 4.69) is 5.16 Å². The summed E-state index contributed by atoms with van der Waals surface area (Å²) in [5.41, 5.74) is 7.52. The van der Waals surface area contributed by atoms with Gasteiger partial charge in [0.1, 0.15) is 5.92 Å². The maximum Gasteiger partial charge on any atom is 0.237 e. The van der Waals surface area contributed by atoms with Crippen LogP contribution in [0.25, 0.3) is 0 Å². The van der Waals surface area contributed by atoms with Crippen LogP contribution < -0.4 is 10.6 Å². The third-order valence-corrected chi connectivity index (χ3v) is 3.12. The smallest absolute Gasteiger partial charge is 0.237 e. The van der Waals surface area contributed by atoms with Gasteiger partial charge in [0, 0.05) is 12.7 Å². The first-order valence-corrected chi connectivity index (χ1v) is 6.20. The van der Waals surface area contributed by atoms with E-state index in [4.69, 9.17) is 10.9 Å². The van der Waals surface area contributed by atoms with Crippen molar-refractivity contribution in [3.05, 3.63) is 29.8 Å². The number of hydrogen-bond donors (Lipinski definition) is 2. The molecule has 19 heavy (non-hydrogen) atoms. The van der Waals surface area contributed by atoms with E-state index in [1.54, 1.807) is 7.05 Å². The van der Waals surface area contributed by atoms with E-state index in [0.717, 1.165) is 11.3 Å². The molecule has 0 saturated carbocycles. The van der Waals surface area contributed by atoms with Crippen LogP contribution in [-0.4, -0.2) is 24.0 Å². The molecule has 5 nitrogen and oxygen atoms in total. The molecule has 3 N–H and O–H groups in total. The van der Waals surface area contributed by atoms with Gasteiger partial charge in [-0.25, -0.2) is 0 Å². The molecule has 0 saturated heterocycles. The average Bonchev–Trinajstić information content (AvgIpc) is 2.38. The SMILES string of the molecule is Cc1ccc(N(C)C(=O)C(C(N)=NO)C(C)C)cc1. The number of oxime groups is 1. The Kier molecular flexibility index (Phi) is 4.92. The Morgan fingerprint density at radius 3 is 2.26 bits per heavy atom. The van der Waals surface area contributed by atoms with E-state index in [1.165, 1.54) is 4.90 Å². The monoisotopic (exact) mass is 263 g/mol. The summed E-state index contributed by atoms with van der Waals surface area (Å²) in [6, 6.07) is 7.62. The van der Waals surface area contributed by atoms with E-state index >= 15 is 0 Å². The van der Waals surface area contributed by atoms with Crippen molar-refractivity contribution in [1.29, 1.82) is 0 Å². The lowest BCUT2D eigenvalue weighted by molar-refractivity contribution is -0.121. The zero-order valence-electron chi connectivity index (χ0n) is 11.8. The zero-order chi connectivity index (χ0) is 14.6. The number of nitrogens with zero attached hydrogens (tertiary/aromatic N) is 2. The van der Waals surface area contributed by atoms with Crippen molar-refractivity contribution in [3.8, 4) is 0 Å². The van der Waals surface area contributed by atoms with Gasteiger partial charge in [-0.3, -0.25) is 4.79 Å². The second-order valence-corrected chi connectivity index (χ2v) is 4.98. The number of amidine groups is 1. The van der Waals surface area contributed by atoms with Gasteiger partial charge in [-0.15, -0.1) is 0 Å². The molecule has 1 atom stereocenters. The lowest BCUT2D eigenvalue weighted by Gasteiger charge is -2.25. The molecule has 0 fully saturated rings. The number of carbonyl (C=O) groups is 1. The Morgan fingerprint density at radius 1 is 1.32 bits per heavy atom. The fourth-order valence-corrected chi connectivity index (χ4v) is 1.92. The molecule has 1 rings (SSSR count). The van der Waals surface area contributed by atoms with Gasteiger partial charge in [0.25, 0.3) is 0 Å². The first-order chi connectivity index (χ1) is 8.88. The van der Waals surface area contributed by atoms with Crippen LogP contribution in [0.15, 0.2) is 29.4 Å². The van der Waals surface area contributed by atoms with Gasteiger partial charge in [0.05, 0.1) is 0 Å². The summed E-state index contributed by atoms with van der Waals surface area (Å²) in [7, 11) is 1.69. The molecular weight excluding hydrogens is 242 g/mol. The lowest BCUT2D eigenvalue weighted by Crippen LogP contribution is -2.42. The Bertz CT molecular complexity index is 466. The summed E-state index contributed by atoms with van der Waals surface area (Å²) >= 11 is 0. The molecule has 0 aliphatic heterocycles. The maximum absolute atomic E-state index is 12.4. The van der Waals surface area contributed by atoms with E-state index in [0.29, 0.717) is 0 Å². The summed E-state index contributed by atoms with van der Waals surface area (Å²) in [6.07, 6.45) is 0. The van der Waals surface area contributed by atoms with Crippen LogP contribution in [0.4, 0.5) is 5.69 Å². The quantitative estimate of drug-likeness (QED) is 0.377. The van der Waals surface area contributed by atoms with Crippen molar-refractivity contribution in [2.75, 3.05) is 11.9 Å². The number of rotatable bonds is 4. The number of benzene rings is 1. The predicted molar refractivity (Wildman–Crippen MR) is 76.3 cm³/mol. The second kappa shape index (κ2) is 6.22. The van der Waals surface area contributed by atoms with Crippen molar-refractivity contribution in [2.45, 2.75) is 20.8 Å². The van der Waals surface area contributed by atoms with Crippen LogP contribution in [0.2, 0.25) is 0 Å². The molecule has 0 heterocycles. The number of amides is 1. The van der Waals surface area contributed by atoms with E-state index < -0.39 is 5.92 Å². The Morgan fingerprint density at radius 2 is 1.84 bits per heavy atom. The number of hydrogen-bond acceptors (Lipinski definition) is 3. The largest absolute Gasteiger partial charge is 0.409 e. The maximum atomic E-state index is 12.4. The van der Waals surface area contributed by atoms with Gasteiger partial charge in [-0.05, 0) is 25.0 Å². The van der Waals surface area contributed by atoms with Crippen molar-refractivity contribution in [2.24, 2.45) is 22.7 Å². The Labute approximate surface area is 113 Å². The number of anilines is 1. The van der Waals surface area contributed by atoms with Gasteiger partial charge in [-0.1, -0.05) is 36.7 Å². The van der Waals surface area contributed by atoms with E-state index in [1.807, 2.05) is 45.0 Å². The average molecular weight is 263 g/mol. The molecular formula is C14H21N3O2. The van der Waals surface area contributed by atoms with E-state index in [9.17, 15) is 4.79 Å². The summed E-state index contributed by atoms with van der Waals surface area (Å²) in [5, 5.41) is 11.8. The van der Waals surface area contributed by atoms with Crippen LogP contribution in [0.3, 0.4) is 0 Å². The highest BCUT2D eigenvalue weighted by atomic mass is 16.4. The van der Waals surface area contributed by atoms with Crippen molar-refractivity contribution in [3.63, 3.8) is 0 Å². The van der Waals surface area contributed by atoms with Crippen LogP contribution >= 0.6 is 0 Å². The first-order valence-electron chi connectivity index (χ1n) is 6.20. The predicted octanol–water partition coefficient (Wildman–Crippen LogP) is 1.98. The fraction of sp³-hybridized carbons (Fsp3) is 0.429. The summed E-state index contributed by atoms with van der Waals surface area (Å²) in [4.78, 5) is 14.0. The highest BCUT2D eigenvalue weighted by Gasteiger charge is 2.29. The highest BCUT2D eigenvalue weighted by molar-refractivity contribution is 6.08. The first kappa shape index (κ1) is 15.0. The highest BCUT2D eigenvalue weighted by Crippen LogP contribution is 2.20. The minimum Gasteiger partial charge on any atom is -0.409 e. The molecule has 104 valence electrons. The normalized spacial score (nSPS) is 13.4. The topological polar surface area (TPSA) is 78.9 Å². The van der Waals surface area contributed by atoms with Crippen molar-refractivity contribution < 1.29 is 10.0 Å². The molecule has 0 aliphatic rings. The third kappa shape index (κ3) is 3.47. The zero-order valence-corrected chi connectivity index (χ0v) is 11.8. The summed E-state index contributed by atoms with van der Waals surface area (Å²) in [5.74, 6) is -0.916. The van der Waals surface area contributed by atoms with Gasteiger partial charge in [-0.2, -0.15) is 0 Å². The molecule has 1 unspecified atom stereocenters. The van der Waals surface area contributed by atoms with Crippen LogP contribution in [0, 0.1) is 18.8 Å². The van der Waals surface area contributed by atoms with Gasteiger partial charge in [0.2, 0.25) is 5.91 Å². The van der Waals surface area contributed by atoms with Crippen LogP contribution in [0.5, 0.6) is 0 Å². The number of carbonyl (C=O) groups excluding carboxylic acids is 1. The molecule has 1 amide bonds. The molecule has 0 aromatic heterocycles. The van der Waals surface area contributed by atoms with E-state index in [-0.39, 0.29) is 17.7 Å². The molecule has 1 aromatic rings. The van der Waals surface area contributed by atoms with Crippen molar-refractivity contribution in [1.82, 2.24) is 0 Å². The Hall–Kier alpha value is -2.04. The minimum absolute atomic E-state index is 0.0451. The molecule has 5 heteroatoms. The van der Waals surface area contributed by atoms with Crippen LogP contribution in [-0.2, 0) is 4.79 Å². The standard InChI is InChI=1S/C14H21N3O2/c1-9(2)12(13(15)16-19)14(18)17(4)11-7-5-10(3)6-8-11/h5-9,12,19H,1-4H3,(H2,15,16). The summed E-state index contributed by atoms with van der Waals surface area (Å²) in [6.45, 7) is 5.71. The third-order valence-electron chi connectivity index (χ3n) is 3.12. The minimum atomic E-state index is -0.628. The molecule has 0 radical (unpaired) electrons. The van der Waals surface area contributed by atoms with Crippen LogP contribution in [0.1, 0.15) is 19.4 Å². The number of aryl methyl sites for hydroxylation is 1. The lowest BCUT2D eigenvalue weighted by atomic mass is 9.93. The second-order valence-electron chi connectivity index (χ2n) is 4.98.